The van der Waals surface area contributed by atoms with Crippen LogP contribution in [0.5, 0.6) is 0 Å². The molecular formula is C16H21N5OS. The molecule has 1 fully saturated rings. The highest BCUT2D eigenvalue weighted by Crippen LogP contribution is 2.28. The van der Waals surface area contributed by atoms with Crippen molar-refractivity contribution in [1.82, 2.24) is 24.5 Å². The number of rotatable bonds is 3. The molecule has 3 rings (SSSR count). The molecule has 0 saturated carbocycles. The van der Waals surface area contributed by atoms with E-state index in [1.54, 1.807) is 6.20 Å². The summed E-state index contributed by atoms with van der Waals surface area (Å²) < 4.78 is 3.97. The van der Waals surface area contributed by atoms with Crippen LogP contribution in [-0.4, -0.2) is 43.5 Å². The van der Waals surface area contributed by atoms with Crippen LogP contribution in [0, 0.1) is 6.92 Å². The third-order valence-electron chi connectivity index (χ3n) is 4.18. The molecule has 0 spiro atoms. The fraction of sp³-hybridized carbons (Fsp3) is 0.562. The van der Waals surface area contributed by atoms with Crippen molar-refractivity contribution in [3.05, 3.63) is 34.4 Å². The molecule has 1 saturated heterocycles. The number of aryl methyl sites for hydroxylation is 1. The van der Waals surface area contributed by atoms with E-state index < -0.39 is 0 Å². The normalized spacial score (nSPS) is 18.4. The zero-order chi connectivity index (χ0) is 16.4. The van der Waals surface area contributed by atoms with Crippen LogP contribution in [0.15, 0.2) is 12.3 Å². The number of aromatic nitrogens is 4. The van der Waals surface area contributed by atoms with Crippen LogP contribution in [0.25, 0.3) is 0 Å². The summed E-state index contributed by atoms with van der Waals surface area (Å²) in [7, 11) is 0. The van der Waals surface area contributed by atoms with Crippen LogP contribution < -0.4 is 0 Å². The number of hydrogen-bond donors (Lipinski definition) is 0. The van der Waals surface area contributed by atoms with Gasteiger partial charge in [-0.2, -0.15) is 0 Å². The van der Waals surface area contributed by atoms with Crippen molar-refractivity contribution in [3.8, 4) is 0 Å². The Bertz CT molecular complexity index is 699. The molecule has 122 valence electrons. The molecule has 1 atom stereocenters. The number of amides is 1. The molecular weight excluding hydrogens is 310 g/mol. The predicted molar refractivity (Wildman–Crippen MR) is 88.6 cm³/mol. The van der Waals surface area contributed by atoms with Gasteiger partial charge in [-0.25, -0.2) is 9.97 Å². The molecule has 1 aliphatic rings. The third-order valence-corrected chi connectivity index (χ3v) is 4.91. The maximum absolute atomic E-state index is 12.9. The summed E-state index contributed by atoms with van der Waals surface area (Å²) in [6.45, 7) is 7.46. The molecule has 0 radical (unpaired) electrons. The molecule has 23 heavy (non-hydrogen) atoms. The van der Waals surface area contributed by atoms with Crippen LogP contribution in [-0.2, 0) is 0 Å². The average molecular weight is 331 g/mol. The number of hydrogen-bond acceptors (Lipinski definition) is 6. The van der Waals surface area contributed by atoms with Gasteiger partial charge in [0.15, 0.2) is 0 Å². The summed E-state index contributed by atoms with van der Waals surface area (Å²) >= 11 is 1.20. The van der Waals surface area contributed by atoms with E-state index in [1.807, 2.05) is 31.7 Å². The average Bonchev–Trinajstić information content (AvgIpc) is 3.04. The van der Waals surface area contributed by atoms with Gasteiger partial charge >= 0.3 is 0 Å². The van der Waals surface area contributed by atoms with E-state index in [2.05, 4.69) is 19.6 Å². The first kappa shape index (κ1) is 16.0. The Hall–Kier alpha value is -1.89. The molecule has 6 nitrogen and oxygen atoms in total. The zero-order valence-corrected chi connectivity index (χ0v) is 14.5. The van der Waals surface area contributed by atoms with E-state index in [1.165, 1.54) is 11.5 Å². The number of nitrogens with zero attached hydrogens (tertiary/aromatic N) is 5. The quantitative estimate of drug-likeness (QED) is 0.865. The molecule has 2 aromatic heterocycles. The predicted octanol–water partition coefficient (Wildman–Crippen LogP) is 2.78. The monoisotopic (exact) mass is 331 g/mol. The van der Waals surface area contributed by atoms with Crippen molar-refractivity contribution in [1.29, 1.82) is 0 Å². The van der Waals surface area contributed by atoms with E-state index in [0.717, 1.165) is 36.6 Å². The topological polar surface area (TPSA) is 71.9 Å². The Morgan fingerprint density at radius 2 is 2.26 bits per heavy atom. The van der Waals surface area contributed by atoms with Gasteiger partial charge in [-0.3, -0.25) is 4.79 Å². The molecule has 0 N–H and O–H groups in total. The van der Waals surface area contributed by atoms with Crippen molar-refractivity contribution in [2.45, 2.75) is 45.4 Å². The summed E-state index contributed by atoms with van der Waals surface area (Å²) in [6, 6.07) is 1.96. The molecule has 2 aromatic rings. The summed E-state index contributed by atoms with van der Waals surface area (Å²) in [6.07, 6.45) is 3.84. The molecule has 7 heteroatoms. The maximum atomic E-state index is 12.9. The number of piperidine rings is 1. The maximum Gasteiger partial charge on any atom is 0.267 e. The Kier molecular flexibility index (Phi) is 4.66. The number of likely N-dealkylation sites (tertiary alicyclic amines) is 1. The lowest BCUT2D eigenvalue weighted by Gasteiger charge is -2.32. The Morgan fingerprint density at radius 3 is 3.00 bits per heavy atom. The SMILES string of the molecule is Cc1nccc([C@H]2CCCN(C(=O)c3snnc3C(C)C)C2)n1. The van der Waals surface area contributed by atoms with Gasteiger partial charge in [-0.05, 0) is 43.3 Å². The van der Waals surface area contributed by atoms with Gasteiger partial charge in [-0.1, -0.05) is 18.3 Å². The van der Waals surface area contributed by atoms with Crippen LogP contribution in [0.4, 0.5) is 0 Å². The van der Waals surface area contributed by atoms with Gasteiger partial charge in [0.2, 0.25) is 0 Å². The Labute approximate surface area is 140 Å². The van der Waals surface area contributed by atoms with Crippen LogP contribution in [0.2, 0.25) is 0 Å². The van der Waals surface area contributed by atoms with Gasteiger partial charge in [0.05, 0.1) is 5.69 Å². The minimum absolute atomic E-state index is 0.0548. The Morgan fingerprint density at radius 1 is 1.43 bits per heavy atom. The number of carbonyl (C=O) groups excluding carboxylic acids is 1. The minimum atomic E-state index is 0.0548. The second kappa shape index (κ2) is 6.70. The highest BCUT2D eigenvalue weighted by molar-refractivity contribution is 7.08. The largest absolute Gasteiger partial charge is 0.337 e. The van der Waals surface area contributed by atoms with Gasteiger partial charge in [-0.15, -0.1) is 5.10 Å². The van der Waals surface area contributed by atoms with Gasteiger partial charge in [0, 0.05) is 30.9 Å². The zero-order valence-electron chi connectivity index (χ0n) is 13.7. The minimum Gasteiger partial charge on any atom is -0.337 e. The van der Waals surface area contributed by atoms with Crippen molar-refractivity contribution >= 4 is 17.4 Å². The second-order valence-electron chi connectivity index (χ2n) is 6.26. The lowest BCUT2D eigenvalue weighted by molar-refractivity contribution is 0.0709. The fourth-order valence-corrected chi connectivity index (χ4v) is 3.76. The van der Waals surface area contributed by atoms with E-state index in [9.17, 15) is 4.79 Å². The van der Waals surface area contributed by atoms with Crippen molar-refractivity contribution < 1.29 is 4.79 Å². The first-order chi connectivity index (χ1) is 11.1. The van der Waals surface area contributed by atoms with Crippen LogP contribution in [0.3, 0.4) is 0 Å². The van der Waals surface area contributed by atoms with Gasteiger partial charge in [0.1, 0.15) is 10.7 Å². The number of carbonyl (C=O) groups is 1. The second-order valence-corrected chi connectivity index (χ2v) is 7.02. The van der Waals surface area contributed by atoms with E-state index >= 15 is 0 Å². The van der Waals surface area contributed by atoms with Crippen LogP contribution in [0.1, 0.15) is 65.4 Å². The lowest BCUT2D eigenvalue weighted by Crippen LogP contribution is -2.39. The van der Waals surface area contributed by atoms with E-state index in [-0.39, 0.29) is 17.7 Å². The van der Waals surface area contributed by atoms with Crippen molar-refractivity contribution in [3.63, 3.8) is 0 Å². The van der Waals surface area contributed by atoms with Crippen molar-refractivity contribution in [2.75, 3.05) is 13.1 Å². The highest BCUT2D eigenvalue weighted by atomic mass is 32.1. The highest BCUT2D eigenvalue weighted by Gasteiger charge is 2.29. The molecule has 0 aliphatic carbocycles. The molecule has 0 unspecified atom stereocenters. The van der Waals surface area contributed by atoms with E-state index in [4.69, 9.17) is 0 Å². The first-order valence-corrected chi connectivity index (χ1v) is 8.74. The van der Waals surface area contributed by atoms with Gasteiger partial charge in [0.25, 0.3) is 5.91 Å². The molecule has 0 aromatic carbocycles. The molecule has 3 heterocycles. The standard InChI is InChI=1S/C16H21N5OS/c1-10(2)14-15(23-20-19-14)16(22)21-8-4-5-12(9-21)13-6-7-17-11(3)18-13/h6-7,10,12H,4-5,8-9H2,1-3H3/t12-/m0/s1. The van der Waals surface area contributed by atoms with E-state index in [0.29, 0.717) is 11.4 Å². The summed E-state index contributed by atoms with van der Waals surface area (Å²) in [5.74, 6) is 1.31. The van der Waals surface area contributed by atoms with Crippen LogP contribution >= 0.6 is 11.5 Å². The summed E-state index contributed by atoms with van der Waals surface area (Å²) in [4.78, 5) is 24.1. The fourth-order valence-electron chi connectivity index (χ4n) is 2.97. The third kappa shape index (κ3) is 3.39. The van der Waals surface area contributed by atoms with Gasteiger partial charge < -0.3 is 4.90 Å². The summed E-state index contributed by atoms with van der Waals surface area (Å²) in [5, 5.41) is 4.12. The van der Waals surface area contributed by atoms with Crippen molar-refractivity contribution in [2.24, 2.45) is 0 Å². The molecule has 1 amide bonds. The Balaban J connectivity index is 1.78. The first-order valence-electron chi connectivity index (χ1n) is 7.97. The molecule has 0 bridgehead atoms. The lowest BCUT2D eigenvalue weighted by atomic mass is 9.94. The summed E-state index contributed by atoms with van der Waals surface area (Å²) in [5.41, 5.74) is 1.83. The molecule has 1 aliphatic heterocycles. The smallest absolute Gasteiger partial charge is 0.267 e.